The lowest BCUT2D eigenvalue weighted by atomic mass is 10.5. The van der Waals surface area contributed by atoms with E-state index in [1.807, 2.05) is 6.66 Å². The van der Waals surface area contributed by atoms with Crippen LogP contribution in [0.1, 0.15) is 6.42 Å². The molecule has 0 aliphatic carbocycles. The van der Waals surface area contributed by atoms with Crippen LogP contribution in [-0.4, -0.2) is 24.3 Å². The Balaban J connectivity index is 2.82. The van der Waals surface area contributed by atoms with Crippen molar-refractivity contribution in [2.75, 3.05) is 13.2 Å². The molecule has 0 saturated carbocycles. The van der Waals surface area contributed by atoms with Gasteiger partial charge in [0.15, 0.2) is 0 Å². The molecule has 0 heterocycles. The van der Waals surface area contributed by atoms with Crippen LogP contribution in [0, 0.1) is 0 Å². The highest BCUT2D eigenvalue weighted by Gasteiger charge is 1.91. The summed E-state index contributed by atoms with van der Waals surface area (Å²) in [7, 11) is 0.644. The van der Waals surface area contributed by atoms with Gasteiger partial charge in [0, 0.05) is 6.54 Å². The molecule has 0 spiro atoms. The van der Waals surface area contributed by atoms with E-state index in [1.54, 1.807) is 0 Å². The van der Waals surface area contributed by atoms with Crippen LogP contribution in [0.25, 0.3) is 0 Å². The third-order valence-electron chi connectivity index (χ3n) is 0.641. The van der Waals surface area contributed by atoms with Gasteiger partial charge < -0.3 is 5.11 Å². The van der Waals surface area contributed by atoms with Crippen LogP contribution in [0.15, 0.2) is 0 Å². The summed E-state index contributed by atoms with van der Waals surface area (Å²) in [6.45, 7) is 2.56. The quantitative estimate of drug-likeness (QED) is 0.429. The molecule has 0 saturated heterocycles. The molecule has 1 unspecified atom stereocenters. The van der Waals surface area contributed by atoms with Crippen LogP contribution < -0.4 is 5.09 Å². The van der Waals surface area contributed by atoms with E-state index in [0.717, 1.165) is 0 Å². The molecule has 0 rings (SSSR count). The van der Waals surface area contributed by atoms with Crippen molar-refractivity contribution in [1.29, 1.82) is 0 Å². The third kappa shape index (κ3) is 5.86. The molecule has 1 atom stereocenters. The molecule has 0 aliphatic heterocycles. The van der Waals surface area contributed by atoms with Gasteiger partial charge in [-0.2, -0.15) is 0 Å². The average molecular weight is 135 g/mol. The van der Waals surface area contributed by atoms with E-state index >= 15 is 0 Å². The van der Waals surface area contributed by atoms with E-state index in [9.17, 15) is 4.79 Å². The highest BCUT2D eigenvalue weighted by molar-refractivity contribution is 7.34. The van der Waals surface area contributed by atoms with Gasteiger partial charge in [-0.3, -0.25) is 9.88 Å². The Labute approximate surface area is 50.3 Å². The van der Waals surface area contributed by atoms with E-state index in [-0.39, 0.29) is 6.42 Å². The highest BCUT2D eigenvalue weighted by Crippen LogP contribution is 1.91. The van der Waals surface area contributed by atoms with Crippen molar-refractivity contribution in [2.45, 2.75) is 6.42 Å². The summed E-state index contributed by atoms with van der Waals surface area (Å²) >= 11 is 0. The Kier molecular flexibility index (Phi) is 4.92. The zero-order valence-corrected chi connectivity index (χ0v) is 5.77. The molecule has 2 N–H and O–H groups in total. The molecule has 0 bridgehead atoms. The number of hydrogen-bond donors (Lipinski definition) is 2. The summed E-state index contributed by atoms with van der Waals surface area (Å²) in [5.41, 5.74) is 0. The van der Waals surface area contributed by atoms with Crippen LogP contribution in [0.4, 0.5) is 0 Å². The fourth-order valence-electron chi connectivity index (χ4n) is 0.294. The zero-order valence-electron chi connectivity index (χ0n) is 4.77. The second-order valence-corrected chi connectivity index (χ2v) is 2.17. The lowest BCUT2D eigenvalue weighted by molar-refractivity contribution is -0.136. The van der Waals surface area contributed by atoms with Gasteiger partial charge in [0.25, 0.3) is 0 Å². The summed E-state index contributed by atoms with van der Waals surface area (Å²) in [5.74, 6) is -0.740. The molecule has 0 amide bonds. The monoisotopic (exact) mass is 135 g/mol. The minimum atomic E-state index is -0.740. The highest BCUT2D eigenvalue weighted by atomic mass is 31.1. The molecule has 48 valence electrons. The Morgan fingerprint density at radius 2 is 2.50 bits per heavy atom. The maximum Gasteiger partial charge on any atom is 0.304 e. The predicted molar refractivity (Wildman–Crippen MR) is 34.5 cm³/mol. The molecule has 3 nitrogen and oxygen atoms in total. The molecule has 0 aromatic heterocycles. The maximum absolute atomic E-state index is 9.84. The van der Waals surface area contributed by atoms with Crippen LogP contribution >= 0.6 is 8.73 Å². The normalized spacial score (nSPS) is 10.6. The van der Waals surface area contributed by atoms with Crippen molar-refractivity contribution in [1.82, 2.24) is 5.09 Å². The van der Waals surface area contributed by atoms with E-state index < -0.39 is 5.97 Å². The molecule has 0 fully saturated rings. The molecule has 4 heteroatoms. The first kappa shape index (κ1) is 7.86. The Bertz CT molecular complexity index is 76.4. The first-order valence-corrected chi connectivity index (χ1v) is 3.88. The maximum atomic E-state index is 9.84. The SMILES string of the molecule is CPNCCC(=O)O. The van der Waals surface area contributed by atoms with Gasteiger partial charge in [0.1, 0.15) is 0 Å². The fraction of sp³-hybridized carbons (Fsp3) is 0.750. The molecular formula is C4H10NO2P. The van der Waals surface area contributed by atoms with Crippen molar-refractivity contribution in [3.05, 3.63) is 0 Å². The topological polar surface area (TPSA) is 49.3 Å². The van der Waals surface area contributed by atoms with Gasteiger partial charge in [-0.25, -0.2) is 0 Å². The Morgan fingerprint density at radius 1 is 1.88 bits per heavy atom. The van der Waals surface area contributed by atoms with Crippen LogP contribution in [-0.2, 0) is 4.79 Å². The second-order valence-electron chi connectivity index (χ2n) is 1.32. The van der Waals surface area contributed by atoms with E-state index in [0.29, 0.717) is 15.3 Å². The summed E-state index contributed by atoms with van der Waals surface area (Å²) in [6, 6.07) is 0. The van der Waals surface area contributed by atoms with Crippen molar-refractivity contribution in [3.8, 4) is 0 Å². The number of carboxylic acids is 1. The minimum absolute atomic E-state index is 0.223. The number of nitrogens with one attached hydrogen (secondary N) is 1. The molecule has 0 aliphatic rings. The predicted octanol–water partition coefficient (Wildman–Crippen LogP) is 0.274. The number of carbonyl (C=O) groups is 1. The fourth-order valence-corrected chi connectivity index (χ4v) is 0.669. The largest absolute Gasteiger partial charge is 0.481 e. The lowest BCUT2D eigenvalue weighted by Crippen LogP contribution is -2.08. The van der Waals surface area contributed by atoms with Gasteiger partial charge in [-0.15, -0.1) is 0 Å². The minimum Gasteiger partial charge on any atom is -0.481 e. The van der Waals surface area contributed by atoms with Crippen molar-refractivity contribution in [3.63, 3.8) is 0 Å². The summed E-state index contributed by atoms with van der Waals surface area (Å²) in [4.78, 5) is 9.84. The Hall–Kier alpha value is -0.140. The average Bonchev–Trinajstić information content (AvgIpc) is 1.66. The van der Waals surface area contributed by atoms with Crippen molar-refractivity contribution < 1.29 is 9.90 Å². The molecule has 8 heavy (non-hydrogen) atoms. The standard InChI is InChI=1S/C4H10NO2P/c1-8-5-3-2-4(6)7/h5,8H,2-3H2,1H3,(H,6,7). The Morgan fingerprint density at radius 3 is 2.88 bits per heavy atom. The first-order chi connectivity index (χ1) is 3.77. The summed E-state index contributed by atoms with van der Waals surface area (Å²) in [5, 5.41) is 11.0. The number of aliphatic carboxylic acids is 1. The second kappa shape index (κ2) is 5.01. The molecule has 0 aromatic rings. The summed E-state index contributed by atoms with van der Waals surface area (Å²) in [6.07, 6.45) is 0.223. The molecule has 0 aromatic carbocycles. The van der Waals surface area contributed by atoms with E-state index in [2.05, 4.69) is 5.09 Å². The number of hydrogen-bond acceptors (Lipinski definition) is 2. The van der Waals surface area contributed by atoms with Crippen LogP contribution in [0.5, 0.6) is 0 Å². The molecular weight excluding hydrogens is 125 g/mol. The van der Waals surface area contributed by atoms with Crippen molar-refractivity contribution in [2.24, 2.45) is 0 Å². The smallest absolute Gasteiger partial charge is 0.304 e. The zero-order chi connectivity index (χ0) is 6.41. The van der Waals surface area contributed by atoms with E-state index in [1.165, 1.54) is 0 Å². The van der Waals surface area contributed by atoms with E-state index in [4.69, 9.17) is 5.11 Å². The lowest BCUT2D eigenvalue weighted by Gasteiger charge is -1.94. The van der Waals surface area contributed by atoms with Crippen molar-refractivity contribution >= 4 is 14.7 Å². The third-order valence-corrected chi connectivity index (χ3v) is 1.24. The van der Waals surface area contributed by atoms with Gasteiger partial charge in [-0.05, 0) is 6.66 Å². The van der Waals surface area contributed by atoms with Gasteiger partial charge in [0.2, 0.25) is 0 Å². The van der Waals surface area contributed by atoms with Gasteiger partial charge >= 0.3 is 5.97 Å². The number of rotatable bonds is 4. The van der Waals surface area contributed by atoms with Crippen LogP contribution in [0.2, 0.25) is 0 Å². The van der Waals surface area contributed by atoms with Gasteiger partial charge in [-0.1, -0.05) is 8.73 Å². The van der Waals surface area contributed by atoms with Crippen LogP contribution in [0.3, 0.4) is 0 Å². The van der Waals surface area contributed by atoms with Gasteiger partial charge in [0.05, 0.1) is 6.42 Å². The molecule has 0 radical (unpaired) electrons. The number of carboxylic acid groups (broad SMARTS) is 1. The summed E-state index contributed by atoms with van der Waals surface area (Å²) < 4.78 is 0. The first-order valence-electron chi connectivity index (χ1n) is 2.38.